The Kier molecular flexibility index (Phi) is 4.37. The quantitative estimate of drug-likeness (QED) is 0.758. The van der Waals surface area contributed by atoms with Crippen LogP contribution in [0.1, 0.15) is 22.0 Å². The second-order valence-corrected chi connectivity index (χ2v) is 5.66. The molecule has 112 valence electrons. The number of benzene rings is 1. The van der Waals surface area contributed by atoms with Crippen LogP contribution in [-0.2, 0) is 0 Å². The van der Waals surface area contributed by atoms with Gasteiger partial charge in [-0.3, -0.25) is 4.79 Å². The number of carbonyl (C=O) groups excluding carboxylic acids is 1. The molecule has 0 saturated heterocycles. The lowest BCUT2D eigenvalue weighted by atomic mass is 10.1. The molecule has 1 unspecified atom stereocenters. The van der Waals surface area contributed by atoms with Crippen LogP contribution in [0.2, 0.25) is 0 Å². The van der Waals surface area contributed by atoms with Gasteiger partial charge < -0.3 is 14.8 Å². The van der Waals surface area contributed by atoms with Crippen molar-refractivity contribution in [3.63, 3.8) is 0 Å². The molecule has 3 aromatic rings. The first-order chi connectivity index (χ1) is 10.7. The lowest BCUT2D eigenvalue weighted by Crippen LogP contribution is -2.28. The van der Waals surface area contributed by atoms with Crippen molar-refractivity contribution in [3.05, 3.63) is 70.8 Å². The highest BCUT2D eigenvalue weighted by Crippen LogP contribution is 2.21. The Morgan fingerprint density at radius 3 is 2.91 bits per heavy atom. The molecule has 0 aliphatic heterocycles. The first kappa shape index (κ1) is 14.6. The van der Waals surface area contributed by atoms with Crippen molar-refractivity contribution in [2.24, 2.45) is 0 Å². The van der Waals surface area contributed by atoms with Crippen LogP contribution in [0.3, 0.4) is 0 Å². The van der Waals surface area contributed by atoms with E-state index in [-0.39, 0.29) is 12.5 Å². The third-order valence-electron chi connectivity index (χ3n) is 3.36. The maximum Gasteiger partial charge on any atom is 0.251 e. The monoisotopic (exact) mass is 313 g/mol. The Morgan fingerprint density at radius 1 is 1.27 bits per heavy atom. The number of hydrogen-bond donors (Lipinski definition) is 2. The fourth-order valence-electron chi connectivity index (χ4n) is 2.14. The molecule has 2 heterocycles. The lowest BCUT2D eigenvalue weighted by Gasteiger charge is -2.11. The van der Waals surface area contributed by atoms with Gasteiger partial charge in [0.1, 0.15) is 0 Å². The first-order valence-electron chi connectivity index (χ1n) is 6.85. The van der Waals surface area contributed by atoms with E-state index < -0.39 is 6.10 Å². The highest BCUT2D eigenvalue weighted by Gasteiger charge is 2.12. The van der Waals surface area contributed by atoms with Crippen molar-refractivity contribution in [1.82, 2.24) is 5.32 Å². The molecule has 1 aromatic carbocycles. The lowest BCUT2D eigenvalue weighted by molar-refractivity contribution is 0.0916. The SMILES string of the molecule is O=C(NCC(O)c1ccsc1)c1cccc(-c2ccoc2)c1. The number of amides is 1. The summed E-state index contributed by atoms with van der Waals surface area (Å²) < 4.78 is 5.06. The van der Waals surface area contributed by atoms with Gasteiger partial charge in [0.25, 0.3) is 5.91 Å². The molecule has 0 fully saturated rings. The molecule has 5 heteroatoms. The number of aliphatic hydroxyl groups is 1. The summed E-state index contributed by atoms with van der Waals surface area (Å²) >= 11 is 1.52. The van der Waals surface area contributed by atoms with E-state index in [1.54, 1.807) is 24.7 Å². The van der Waals surface area contributed by atoms with Crippen molar-refractivity contribution in [2.45, 2.75) is 6.10 Å². The summed E-state index contributed by atoms with van der Waals surface area (Å²) in [6.07, 6.45) is 2.55. The Labute approximate surface area is 132 Å². The summed E-state index contributed by atoms with van der Waals surface area (Å²) in [6, 6.07) is 11.0. The second-order valence-electron chi connectivity index (χ2n) is 4.88. The predicted octanol–water partition coefficient (Wildman–Crippen LogP) is 3.47. The molecular weight excluding hydrogens is 298 g/mol. The largest absolute Gasteiger partial charge is 0.472 e. The number of aliphatic hydroxyl groups excluding tert-OH is 1. The fraction of sp³-hybridized carbons (Fsp3) is 0.118. The molecule has 0 saturated carbocycles. The molecular formula is C17H15NO3S. The van der Waals surface area contributed by atoms with Gasteiger partial charge in [-0.2, -0.15) is 11.3 Å². The first-order valence-corrected chi connectivity index (χ1v) is 7.79. The Bertz CT molecular complexity index is 735. The molecule has 22 heavy (non-hydrogen) atoms. The summed E-state index contributed by atoms with van der Waals surface area (Å²) in [4.78, 5) is 12.2. The molecule has 0 radical (unpaired) electrons. The zero-order chi connectivity index (χ0) is 15.4. The Hall–Kier alpha value is -2.37. The summed E-state index contributed by atoms with van der Waals surface area (Å²) in [6.45, 7) is 0.186. The zero-order valence-electron chi connectivity index (χ0n) is 11.7. The smallest absolute Gasteiger partial charge is 0.251 e. The molecule has 3 rings (SSSR count). The normalized spacial score (nSPS) is 12.0. The van der Waals surface area contributed by atoms with Crippen molar-refractivity contribution in [3.8, 4) is 11.1 Å². The maximum atomic E-state index is 12.2. The minimum Gasteiger partial charge on any atom is -0.472 e. The van der Waals surface area contributed by atoms with E-state index in [9.17, 15) is 9.90 Å². The van der Waals surface area contributed by atoms with E-state index in [4.69, 9.17) is 4.42 Å². The van der Waals surface area contributed by atoms with E-state index in [0.29, 0.717) is 5.56 Å². The van der Waals surface area contributed by atoms with Gasteiger partial charge >= 0.3 is 0 Å². The van der Waals surface area contributed by atoms with Gasteiger partial charge in [-0.05, 0) is 46.2 Å². The molecule has 0 aliphatic carbocycles. The van der Waals surface area contributed by atoms with Gasteiger partial charge in [0, 0.05) is 17.7 Å². The van der Waals surface area contributed by atoms with Gasteiger partial charge in [-0.15, -0.1) is 0 Å². The van der Waals surface area contributed by atoms with Gasteiger partial charge in [0.15, 0.2) is 0 Å². The van der Waals surface area contributed by atoms with Gasteiger partial charge in [-0.25, -0.2) is 0 Å². The number of thiophene rings is 1. The number of carbonyl (C=O) groups is 1. The topological polar surface area (TPSA) is 62.5 Å². The van der Waals surface area contributed by atoms with Crippen molar-refractivity contribution in [2.75, 3.05) is 6.54 Å². The van der Waals surface area contributed by atoms with Crippen LogP contribution in [-0.4, -0.2) is 17.6 Å². The number of rotatable bonds is 5. The van der Waals surface area contributed by atoms with Crippen LogP contribution in [0, 0.1) is 0 Å². The van der Waals surface area contributed by atoms with Crippen LogP contribution in [0.4, 0.5) is 0 Å². The Morgan fingerprint density at radius 2 is 2.18 bits per heavy atom. The molecule has 0 aliphatic rings. The molecule has 2 N–H and O–H groups in total. The maximum absolute atomic E-state index is 12.2. The Balaban J connectivity index is 1.66. The van der Waals surface area contributed by atoms with Crippen LogP contribution < -0.4 is 5.32 Å². The van der Waals surface area contributed by atoms with Crippen LogP contribution in [0.5, 0.6) is 0 Å². The van der Waals surface area contributed by atoms with E-state index >= 15 is 0 Å². The predicted molar refractivity (Wildman–Crippen MR) is 85.8 cm³/mol. The minimum atomic E-state index is -0.688. The number of hydrogen-bond acceptors (Lipinski definition) is 4. The summed E-state index contributed by atoms with van der Waals surface area (Å²) in [5.41, 5.74) is 3.21. The van der Waals surface area contributed by atoms with Crippen LogP contribution >= 0.6 is 11.3 Å². The van der Waals surface area contributed by atoms with E-state index in [1.807, 2.05) is 35.0 Å². The van der Waals surface area contributed by atoms with Crippen molar-refractivity contribution in [1.29, 1.82) is 0 Å². The molecule has 0 bridgehead atoms. The number of furan rings is 1. The highest BCUT2D eigenvalue weighted by atomic mass is 32.1. The summed E-state index contributed by atoms with van der Waals surface area (Å²) in [5, 5.41) is 16.5. The number of nitrogens with one attached hydrogen (secondary N) is 1. The van der Waals surface area contributed by atoms with Gasteiger partial charge in [0.05, 0.1) is 18.6 Å². The summed E-state index contributed by atoms with van der Waals surface area (Å²) in [7, 11) is 0. The van der Waals surface area contributed by atoms with E-state index in [1.165, 1.54) is 11.3 Å². The van der Waals surface area contributed by atoms with Gasteiger partial charge in [0.2, 0.25) is 0 Å². The van der Waals surface area contributed by atoms with Gasteiger partial charge in [-0.1, -0.05) is 12.1 Å². The average molecular weight is 313 g/mol. The second kappa shape index (κ2) is 6.60. The minimum absolute atomic E-state index is 0.186. The molecule has 2 aromatic heterocycles. The molecule has 4 nitrogen and oxygen atoms in total. The molecule has 1 atom stereocenters. The van der Waals surface area contributed by atoms with Crippen LogP contribution in [0.15, 0.2) is 64.1 Å². The third kappa shape index (κ3) is 3.27. The molecule has 0 spiro atoms. The average Bonchev–Trinajstić information content (AvgIpc) is 3.25. The molecule has 1 amide bonds. The standard InChI is InChI=1S/C17H15NO3S/c19-16(15-5-7-22-11-15)9-18-17(20)13-3-1-2-12(8-13)14-4-6-21-10-14/h1-8,10-11,16,19H,9H2,(H,18,20). The van der Waals surface area contributed by atoms with E-state index in [2.05, 4.69) is 5.32 Å². The van der Waals surface area contributed by atoms with Crippen molar-refractivity contribution >= 4 is 17.2 Å². The third-order valence-corrected chi connectivity index (χ3v) is 4.06. The summed E-state index contributed by atoms with van der Waals surface area (Å²) in [5.74, 6) is -0.209. The fourth-order valence-corrected chi connectivity index (χ4v) is 2.85. The van der Waals surface area contributed by atoms with Crippen molar-refractivity contribution < 1.29 is 14.3 Å². The van der Waals surface area contributed by atoms with Crippen LogP contribution in [0.25, 0.3) is 11.1 Å². The van der Waals surface area contributed by atoms with E-state index in [0.717, 1.165) is 16.7 Å². The zero-order valence-corrected chi connectivity index (χ0v) is 12.5. The highest BCUT2D eigenvalue weighted by molar-refractivity contribution is 7.07.